The summed E-state index contributed by atoms with van der Waals surface area (Å²) in [6, 6.07) is 11.8. The van der Waals surface area contributed by atoms with Gasteiger partial charge in [0.15, 0.2) is 0 Å². The van der Waals surface area contributed by atoms with Gasteiger partial charge in [0, 0.05) is 18.8 Å². The Morgan fingerprint density at radius 3 is 2.45 bits per heavy atom. The number of benzene rings is 1. The second kappa shape index (κ2) is 8.90. The predicted octanol–water partition coefficient (Wildman–Crippen LogP) is 4.67. The molecule has 0 aliphatic carbocycles. The number of amides is 1. The zero-order chi connectivity index (χ0) is 20.9. The lowest BCUT2D eigenvalue weighted by molar-refractivity contribution is -0.116. The van der Waals surface area contributed by atoms with E-state index in [0.29, 0.717) is 25.1 Å². The molecule has 152 valence electrons. The van der Waals surface area contributed by atoms with Crippen LogP contribution in [0.3, 0.4) is 0 Å². The van der Waals surface area contributed by atoms with Crippen LogP contribution in [-0.2, 0) is 10.2 Å². The summed E-state index contributed by atoms with van der Waals surface area (Å²) in [5.41, 5.74) is 2.07. The van der Waals surface area contributed by atoms with Crippen LogP contribution in [-0.4, -0.2) is 27.0 Å². The van der Waals surface area contributed by atoms with E-state index in [0.717, 1.165) is 17.4 Å². The quantitative estimate of drug-likeness (QED) is 0.593. The van der Waals surface area contributed by atoms with Gasteiger partial charge in [0.2, 0.25) is 5.91 Å². The number of rotatable bonds is 7. The van der Waals surface area contributed by atoms with Crippen LogP contribution in [0.25, 0.3) is 5.82 Å². The summed E-state index contributed by atoms with van der Waals surface area (Å²) < 4.78 is 7.63. The Morgan fingerprint density at radius 2 is 1.86 bits per heavy atom. The first-order valence-corrected chi connectivity index (χ1v) is 9.82. The van der Waals surface area contributed by atoms with Gasteiger partial charge in [-0.05, 0) is 48.6 Å². The van der Waals surface area contributed by atoms with E-state index in [9.17, 15) is 4.79 Å². The number of aromatic nitrogens is 3. The lowest BCUT2D eigenvalue weighted by atomic mass is 9.87. The summed E-state index contributed by atoms with van der Waals surface area (Å²) in [6.07, 6.45) is 6.27. The smallest absolute Gasteiger partial charge is 0.224 e. The Morgan fingerprint density at radius 1 is 1.10 bits per heavy atom. The van der Waals surface area contributed by atoms with Gasteiger partial charge in [0.05, 0.1) is 18.5 Å². The zero-order valence-corrected chi connectivity index (χ0v) is 17.5. The van der Waals surface area contributed by atoms with Crippen molar-refractivity contribution in [2.75, 3.05) is 11.9 Å². The molecule has 0 aliphatic rings. The van der Waals surface area contributed by atoms with Crippen molar-refractivity contribution in [3.8, 4) is 11.6 Å². The van der Waals surface area contributed by atoms with E-state index in [1.165, 1.54) is 5.56 Å². The molecule has 6 nitrogen and oxygen atoms in total. The Balaban J connectivity index is 1.41. The molecule has 0 radical (unpaired) electrons. The van der Waals surface area contributed by atoms with Crippen LogP contribution in [0.2, 0.25) is 0 Å². The molecule has 29 heavy (non-hydrogen) atoms. The largest absolute Gasteiger partial charge is 0.494 e. The summed E-state index contributed by atoms with van der Waals surface area (Å²) in [7, 11) is 0. The van der Waals surface area contributed by atoms with Crippen molar-refractivity contribution in [3.63, 3.8) is 0 Å². The molecule has 3 aromatic rings. The van der Waals surface area contributed by atoms with E-state index in [1.54, 1.807) is 12.4 Å². The summed E-state index contributed by atoms with van der Waals surface area (Å²) in [5, 5.41) is 2.87. The minimum absolute atomic E-state index is 0.0509. The molecule has 0 fully saturated rings. The van der Waals surface area contributed by atoms with E-state index in [4.69, 9.17) is 4.74 Å². The van der Waals surface area contributed by atoms with Gasteiger partial charge in [-0.25, -0.2) is 9.97 Å². The second-order valence-electron chi connectivity index (χ2n) is 8.02. The van der Waals surface area contributed by atoms with Crippen LogP contribution in [0.15, 0.2) is 55.0 Å². The van der Waals surface area contributed by atoms with Gasteiger partial charge in [0.1, 0.15) is 17.4 Å². The van der Waals surface area contributed by atoms with E-state index in [-0.39, 0.29) is 11.3 Å². The minimum Gasteiger partial charge on any atom is -0.494 e. The maximum absolute atomic E-state index is 12.1. The van der Waals surface area contributed by atoms with E-state index in [2.05, 4.69) is 48.2 Å². The lowest BCUT2D eigenvalue weighted by Gasteiger charge is -2.19. The fourth-order valence-electron chi connectivity index (χ4n) is 2.92. The van der Waals surface area contributed by atoms with Gasteiger partial charge in [0.25, 0.3) is 0 Å². The average molecular weight is 393 g/mol. The molecule has 1 amide bonds. The van der Waals surface area contributed by atoms with E-state index >= 15 is 0 Å². The highest BCUT2D eigenvalue weighted by atomic mass is 16.5. The maximum Gasteiger partial charge on any atom is 0.224 e. The number of nitrogens with one attached hydrogen (secondary N) is 1. The molecule has 0 unspecified atom stereocenters. The molecule has 0 saturated heterocycles. The first-order chi connectivity index (χ1) is 13.8. The fourth-order valence-corrected chi connectivity index (χ4v) is 2.92. The van der Waals surface area contributed by atoms with Crippen LogP contribution >= 0.6 is 0 Å². The van der Waals surface area contributed by atoms with Crippen molar-refractivity contribution >= 4 is 11.6 Å². The van der Waals surface area contributed by atoms with E-state index in [1.807, 2.05) is 42.0 Å². The third-order valence-electron chi connectivity index (χ3n) is 4.64. The molecule has 0 saturated carbocycles. The number of anilines is 1. The van der Waals surface area contributed by atoms with Crippen molar-refractivity contribution in [3.05, 3.63) is 66.4 Å². The number of pyridine rings is 1. The number of ether oxygens (including phenoxy) is 1. The average Bonchev–Trinajstić information content (AvgIpc) is 3.11. The Kier molecular flexibility index (Phi) is 6.32. The van der Waals surface area contributed by atoms with E-state index < -0.39 is 0 Å². The SMILES string of the molecule is Cc1nccn1-c1ccc(NC(=O)CCCOc2ccc(C(C)(C)C)cc2)cn1. The number of hydrogen-bond donors (Lipinski definition) is 1. The summed E-state index contributed by atoms with van der Waals surface area (Å²) >= 11 is 0. The van der Waals surface area contributed by atoms with Crippen LogP contribution in [0, 0.1) is 6.92 Å². The monoisotopic (exact) mass is 392 g/mol. The molecule has 1 N–H and O–H groups in total. The first kappa shape index (κ1) is 20.6. The molecular weight excluding hydrogens is 364 g/mol. The fraction of sp³-hybridized carbons (Fsp3) is 0.348. The number of imidazole rings is 1. The Hall–Kier alpha value is -3.15. The topological polar surface area (TPSA) is 69.0 Å². The van der Waals surface area contributed by atoms with Crippen molar-refractivity contribution in [1.29, 1.82) is 0 Å². The van der Waals surface area contributed by atoms with Gasteiger partial charge in [-0.1, -0.05) is 32.9 Å². The van der Waals surface area contributed by atoms with Crippen molar-refractivity contribution in [2.24, 2.45) is 0 Å². The second-order valence-corrected chi connectivity index (χ2v) is 8.02. The maximum atomic E-state index is 12.1. The van der Waals surface area contributed by atoms with Crippen LogP contribution < -0.4 is 10.1 Å². The normalized spacial score (nSPS) is 11.3. The Bertz CT molecular complexity index is 938. The molecule has 6 heteroatoms. The number of carbonyl (C=O) groups excluding carboxylic acids is 1. The highest BCUT2D eigenvalue weighted by molar-refractivity contribution is 5.90. The minimum atomic E-state index is -0.0509. The number of aryl methyl sites for hydroxylation is 1. The molecular formula is C23H28N4O2. The summed E-state index contributed by atoms with van der Waals surface area (Å²) in [5.74, 6) is 2.41. The third-order valence-corrected chi connectivity index (χ3v) is 4.64. The molecule has 2 aromatic heterocycles. The molecule has 0 atom stereocenters. The molecule has 0 spiro atoms. The highest BCUT2D eigenvalue weighted by Gasteiger charge is 2.13. The van der Waals surface area contributed by atoms with Gasteiger partial charge < -0.3 is 10.1 Å². The third kappa shape index (κ3) is 5.67. The standard InChI is InChI=1S/C23H28N4O2/c1-17-24-13-14-27(17)21-12-9-19(16-25-21)26-22(28)6-5-15-29-20-10-7-18(8-11-20)23(2,3)4/h7-14,16H,5-6,15H2,1-4H3,(H,26,28). The highest BCUT2D eigenvalue weighted by Crippen LogP contribution is 2.24. The van der Waals surface area contributed by atoms with Crippen molar-refractivity contribution < 1.29 is 9.53 Å². The number of hydrogen-bond acceptors (Lipinski definition) is 4. The zero-order valence-electron chi connectivity index (χ0n) is 17.5. The van der Waals surface area contributed by atoms with Gasteiger partial charge in [-0.2, -0.15) is 0 Å². The number of carbonyl (C=O) groups is 1. The lowest BCUT2D eigenvalue weighted by Crippen LogP contribution is -2.13. The van der Waals surface area contributed by atoms with Crippen LogP contribution in [0.5, 0.6) is 5.75 Å². The predicted molar refractivity (Wildman–Crippen MR) is 115 cm³/mol. The van der Waals surface area contributed by atoms with Crippen LogP contribution in [0.1, 0.15) is 45.0 Å². The first-order valence-electron chi connectivity index (χ1n) is 9.82. The summed E-state index contributed by atoms with van der Waals surface area (Å²) in [6.45, 7) is 8.97. The molecule has 1 aromatic carbocycles. The van der Waals surface area contributed by atoms with Crippen LogP contribution in [0.4, 0.5) is 5.69 Å². The van der Waals surface area contributed by atoms with Gasteiger partial charge >= 0.3 is 0 Å². The molecule has 0 bridgehead atoms. The Labute approximate surface area is 172 Å². The van der Waals surface area contributed by atoms with Crippen molar-refractivity contribution in [2.45, 2.75) is 46.0 Å². The molecule has 0 aliphatic heterocycles. The number of nitrogens with zero attached hydrogens (tertiary/aromatic N) is 3. The molecule has 2 heterocycles. The summed E-state index contributed by atoms with van der Waals surface area (Å²) in [4.78, 5) is 20.7. The van der Waals surface area contributed by atoms with Gasteiger partial charge in [-0.3, -0.25) is 9.36 Å². The van der Waals surface area contributed by atoms with Gasteiger partial charge in [-0.15, -0.1) is 0 Å². The molecule has 3 rings (SSSR count). The van der Waals surface area contributed by atoms with Crippen molar-refractivity contribution in [1.82, 2.24) is 14.5 Å².